The van der Waals surface area contributed by atoms with Gasteiger partial charge in [-0.05, 0) is 18.8 Å². The average Bonchev–Trinajstić information content (AvgIpc) is 2.15. The Morgan fingerprint density at radius 2 is 1.71 bits per heavy atom. The van der Waals surface area contributed by atoms with Gasteiger partial charge in [-0.1, -0.05) is 32.6 Å². The van der Waals surface area contributed by atoms with E-state index in [0.29, 0.717) is 12.3 Å². The predicted octanol–water partition coefficient (Wildman–Crippen LogP) is 2.43. The Kier molecular flexibility index (Phi) is 8.64. The van der Waals surface area contributed by atoms with Gasteiger partial charge in [0.1, 0.15) is 0 Å². The third-order valence-electron chi connectivity index (χ3n) is 2.40. The molecule has 0 aliphatic rings. The van der Waals surface area contributed by atoms with Crippen LogP contribution < -0.4 is 0 Å². The summed E-state index contributed by atoms with van der Waals surface area (Å²) in [6, 6.07) is 0. The van der Waals surface area contributed by atoms with Crippen LogP contribution in [0.15, 0.2) is 0 Å². The van der Waals surface area contributed by atoms with Gasteiger partial charge in [0.2, 0.25) is 0 Å². The molecule has 3 nitrogen and oxygen atoms in total. The minimum Gasteiger partial charge on any atom is -0.481 e. The number of rotatable bonds is 9. The Bertz CT molecular complexity index is 145. The predicted molar refractivity (Wildman–Crippen MR) is 56.2 cm³/mol. The highest BCUT2D eigenvalue weighted by molar-refractivity contribution is 5.66. The first-order valence-corrected chi connectivity index (χ1v) is 5.49. The lowest BCUT2D eigenvalue weighted by atomic mass is 10.0. The summed E-state index contributed by atoms with van der Waals surface area (Å²) in [6.07, 6.45) is 6.61. The van der Waals surface area contributed by atoms with Gasteiger partial charge in [-0.25, -0.2) is 0 Å². The zero-order valence-electron chi connectivity index (χ0n) is 9.04. The topological polar surface area (TPSA) is 57.5 Å². The number of unbranched alkanes of at least 4 members (excludes halogenated alkanes) is 4. The Hall–Kier alpha value is -0.570. The molecule has 0 saturated carbocycles. The number of aliphatic hydroxyl groups excluding tert-OH is 1. The molecule has 0 amide bonds. The van der Waals surface area contributed by atoms with E-state index in [1.165, 1.54) is 0 Å². The maximum absolute atomic E-state index is 10.2. The Morgan fingerprint density at radius 3 is 2.29 bits per heavy atom. The lowest BCUT2D eigenvalue weighted by Crippen LogP contribution is -1.99. The molecule has 0 aliphatic heterocycles. The fraction of sp³-hybridized carbons (Fsp3) is 0.909. The summed E-state index contributed by atoms with van der Waals surface area (Å²) in [5, 5.41) is 17.2. The van der Waals surface area contributed by atoms with Gasteiger partial charge in [0.05, 0.1) is 0 Å². The molecule has 0 rings (SSSR count). The van der Waals surface area contributed by atoms with Crippen LogP contribution in [-0.4, -0.2) is 22.8 Å². The summed E-state index contributed by atoms with van der Waals surface area (Å²) >= 11 is 0. The van der Waals surface area contributed by atoms with E-state index in [1.807, 2.05) is 6.92 Å². The van der Waals surface area contributed by atoms with Crippen molar-refractivity contribution in [3.8, 4) is 0 Å². The standard InChI is InChI=1S/C11H22O3/c1-10(9-12)7-5-3-2-4-6-8-11(13)14/h10,12H,2-9H2,1H3,(H,13,14). The van der Waals surface area contributed by atoms with Gasteiger partial charge in [0.25, 0.3) is 0 Å². The maximum Gasteiger partial charge on any atom is 0.303 e. The quantitative estimate of drug-likeness (QED) is 0.564. The van der Waals surface area contributed by atoms with Gasteiger partial charge in [-0.3, -0.25) is 4.79 Å². The molecule has 1 atom stereocenters. The second-order valence-electron chi connectivity index (χ2n) is 3.99. The van der Waals surface area contributed by atoms with E-state index in [1.54, 1.807) is 0 Å². The number of aliphatic carboxylic acids is 1. The first-order valence-electron chi connectivity index (χ1n) is 5.49. The zero-order valence-corrected chi connectivity index (χ0v) is 9.04. The fourth-order valence-corrected chi connectivity index (χ4v) is 1.39. The molecule has 14 heavy (non-hydrogen) atoms. The molecule has 1 unspecified atom stereocenters. The summed E-state index contributed by atoms with van der Waals surface area (Å²) in [5.41, 5.74) is 0. The highest BCUT2D eigenvalue weighted by Gasteiger charge is 1.99. The second kappa shape index (κ2) is 9.00. The summed E-state index contributed by atoms with van der Waals surface area (Å²) < 4.78 is 0. The molecule has 0 bridgehead atoms. The molecule has 0 heterocycles. The minimum atomic E-state index is -0.695. The van der Waals surface area contributed by atoms with E-state index in [9.17, 15) is 4.79 Å². The maximum atomic E-state index is 10.2. The smallest absolute Gasteiger partial charge is 0.303 e. The third kappa shape index (κ3) is 9.52. The summed E-state index contributed by atoms with van der Waals surface area (Å²) in [5.74, 6) is -0.284. The minimum absolute atomic E-state index is 0.277. The Morgan fingerprint density at radius 1 is 1.14 bits per heavy atom. The van der Waals surface area contributed by atoms with Crippen molar-refractivity contribution >= 4 is 5.97 Å². The molecule has 0 aromatic heterocycles. The highest BCUT2D eigenvalue weighted by atomic mass is 16.4. The van der Waals surface area contributed by atoms with E-state index in [0.717, 1.165) is 38.5 Å². The van der Waals surface area contributed by atoms with E-state index >= 15 is 0 Å². The molecule has 3 heteroatoms. The van der Waals surface area contributed by atoms with Crippen molar-refractivity contribution in [2.45, 2.75) is 51.9 Å². The van der Waals surface area contributed by atoms with Gasteiger partial charge >= 0.3 is 5.97 Å². The van der Waals surface area contributed by atoms with E-state index < -0.39 is 5.97 Å². The number of hydrogen-bond acceptors (Lipinski definition) is 2. The molecular weight excluding hydrogens is 180 g/mol. The first-order chi connectivity index (χ1) is 6.66. The number of aliphatic hydroxyl groups is 1. The molecule has 0 aliphatic carbocycles. The highest BCUT2D eigenvalue weighted by Crippen LogP contribution is 2.11. The summed E-state index contributed by atoms with van der Waals surface area (Å²) in [4.78, 5) is 10.2. The van der Waals surface area contributed by atoms with Crippen molar-refractivity contribution < 1.29 is 15.0 Å². The van der Waals surface area contributed by atoms with Crippen LogP contribution in [0.25, 0.3) is 0 Å². The normalized spacial score (nSPS) is 12.7. The van der Waals surface area contributed by atoms with Crippen LogP contribution in [0.2, 0.25) is 0 Å². The fourth-order valence-electron chi connectivity index (χ4n) is 1.39. The van der Waals surface area contributed by atoms with Crippen LogP contribution in [0.5, 0.6) is 0 Å². The summed E-state index contributed by atoms with van der Waals surface area (Å²) in [6.45, 7) is 2.32. The third-order valence-corrected chi connectivity index (χ3v) is 2.40. The van der Waals surface area contributed by atoms with Crippen LogP contribution in [0.3, 0.4) is 0 Å². The molecule has 84 valence electrons. The van der Waals surface area contributed by atoms with E-state index in [4.69, 9.17) is 10.2 Å². The number of carboxylic acids is 1. The molecule has 0 aromatic rings. The molecular formula is C11H22O3. The lowest BCUT2D eigenvalue weighted by Gasteiger charge is -2.06. The van der Waals surface area contributed by atoms with Gasteiger partial charge in [-0.2, -0.15) is 0 Å². The monoisotopic (exact) mass is 202 g/mol. The summed E-state index contributed by atoms with van der Waals surface area (Å²) in [7, 11) is 0. The molecule has 0 radical (unpaired) electrons. The lowest BCUT2D eigenvalue weighted by molar-refractivity contribution is -0.137. The SMILES string of the molecule is CC(CO)CCCCCCCC(=O)O. The molecule has 0 saturated heterocycles. The van der Waals surface area contributed by atoms with Crippen LogP contribution in [0, 0.1) is 5.92 Å². The molecule has 0 aromatic carbocycles. The van der Waals surface area contributed by atoms with Crippen molar-refractivity contribution in [3.63, 3.8) is 0 Å². The van der Waals surface area contributed by atoms with Crippen LogP contribution in [0.1, 0.15) is 51.9 Å². The Balaban J connectivity index is 3.02. The number of carbonyl (C=O) groups is 1. The second-order valence-corrected chi connectivity index (χ2v) is 3.99. The van der Waals surface area contributed by atoms with Crippen molar-refractivity contribution in [1.82, 2.24) is 0 Å². The van der Waals surface area contributed by atoms with E-state index in [-0.39, 0.29) is 6.61 Å². The average molecular weight is 202 g/mol. The first kappa shape index (κ1) is 13.4. The van der Waals surface area contributed by atoms with E-state index in [2.05, 4.69) is 0 Å². The van der Waals surface area contributed by atoms with Crippen molar-refractivity contribution in [2.24, 2.45) is 5.92 Å². The van der Waals surface area contributed by atoms with Crippen LogP contribution in [-0.2, 0) is 4.79 Å². The van der Waals surface area contributed by atoms with Crippen molar-refractivity contribution in [2.75, 3.05) is 6.61 Å². The van der Waals surface area contributed by atoms with Gasteiger partial charge in [-0.15, -0.1) is 0 Å². The van der Waals surface area contributed by atoms with Crippen LogP contribution >= 0.6 is 0 Å². The zero-order chi connectivity index (χ0) is 10.8. The van der Waals surface area contributed by atoms with Gasteiger partial charge in [0.15, 0.2) is 0 Å². The largest absolute Gasteiger partial charge is 0.481 e. The van der Waals surface area contributed by atoms with Crippen LogP contribution in [0.4, 0.5) is 0 Å². The molecule has 0 spiro atoms. The van der Waals surface area contributed by atoms with Crippen molar-refractivity contribution in [1.29, 1.82) is 0 Å². The Labute approximate surface area is 86.1 Å². The number of hydrogen-bond donors (Lipinski definition) is 2. The van der Waals surface area contributed by atoms with Gasteiger partial charge in [0, 0.05) is 13.0 Å². The molecule has 2 N–H and O–H groups in total. The van der Waals surface area contributed by atoms with Crippen molar-refractivity contribution in [3.05, 3.63) is 0 Å². The van der Waals surface area contributed by atoms with Gasteiger partial charge < -0.3 is 10.2 Å². The molecule has 0 fully saturated rings. The number of carboxylic acid groups (broad SMARTS) is 1.